The minimum absolute atomic E-state index is 0.00488. The van der Waals surface area contributed by atoms with Crippen molar-refractivity contribution < 1.29 is 23.9 Å². The lowest BCUT2D eigenvalue weighted by Gasteiger charge is -2.19. The Bertz CT molecular complexity index is 1650. The van der Waals surface area contributed by atoms with Crippen molar-refractivity contribution in [3.8, 4) is 28.7 Å². The summed E-state index contributed by atoms with van der Waals surface area (Å²) in [7, 11) is 2.97. The highest BCUT2D eigenvalue weighted by Crippen LogP contribution is 2.32. The molecule has 1 unspecified atom stereocenters. The van der Waals surface area contributed by atoms with Crippen LogP contribution in [0.25, 0.3) is 17.1 Å². The first-order valence-electron chi connectivity index (χ1n) is 11.1. The molecule has 5 aromatic rings. The van der Waals surface area contributed by atoms with Crippen LogP contribution in [0.2, 0.25) is 0 Å². The molecule has 13 nitrogen and oxygen atoms in total. The van der Waals surface area contributed by atoms with Gasteiger partial charge in [-0.05, 0) is 41.8 Å². The van der Waals surface area contributed by atoms with Crippen molar-refractivity contribution in [1.29, 1.82) is 0 Å². The van der Waals surface area contributed by atoms with Crippen LogP contribution in [0.15, 0.2) is 57.3 Å². The van der Waals surface area contributed by atoms with E-state index in [9.17, 15) is 14.7 Å². The molecule has 14 heteroatoms. The topological polar surface area (TPSA) is 170 Å². The molecular weight excluding hydrogens is 514 g/mol. The summed E-state index contributed by atoms with van der Waals surface area (Å²) in [4.78, 5) is 35.8. The summed E-state index contributed by atoms with van der Waals surface area (Å²) in [6.45, 7) is 1.71. The molecule has 38 heavy (non-hydrogen) atoms. The standard InChI is InChI=1S/C24H21N7O6S/c1-12-26-20(30-37-12)13-4-6-15(7-5-13)27-18(14-10-17(35-2)22(36-3)25-11-14)21-28-24(34)31(29-21)16-8-9-38-19(16)23(32)33/h4-11,18,27H,1-3H3,(H,32,33)(H,28,29,34). The third-order valence-corrected chi connectivity index (χ3v) is 6.43. The van der Waals surface area contributed by atoms with E-state index in [0.717, 1.165) is 21.6 Å². The average Bonchev–Trinajstić information content (AvgIpc) is 3.67. The van der Waals surface area contributed by atoms with Crippen LogP contribution in [0, 0.1) is 6.92 Å². The summed E-state index contributed by atoms with van der Waals surface area (Å²) in [5, 5.41) is 22.8. The number of aryl methyl sites for hydroxylation is 1. The van der Waals surface area contributed by atoms with Gasteiger partial charge in [0.25, 0.3) is 5.88 Å². The fourth-order valence-corrected chi connectivity index (χ4v) is 4.49. The smallest absolute Gasteiger partial charge is 0.348 e. The molecule has 0 spiro atoms. The van der Waals surface area contributed by atoms with Crippen molar-refractivity contribution in [2.24, 2.45) is 0 Å². The molecule has 1 aromatic carbocycles. The largest absolute Gasteiger partial charge is 0.491 e. The Morgan fingerprint density at radius 3 is 2.66 bits per heavy atom. The van der Waals surface area contributed by atoms with Crippen LogP contribution in [0.4, 0.5) is 5.69 Å². The van der Waals surface area contributed by atoms with Crippen LogP contribution >= 0.6 is 11.3 Å². The predicted octanol–water partition coefficient (Wildman–Crippen LogP) is 3.29. The van der Waals surface area contributed by atoms with Gasteiger partial charge in [0.15, 0.2) is 11.6 Å². The van der Waals surface area contributed by atoms with Crippen molar-refractivity contribution in [3.05, 3.63) is 80.6 Å². The number of benzene rings is 1. The van der Waals surface area contributed by atoms with Crippen molar-refractivity contribution in [2.45, 2.75) is 13.0 Å². The lowest BCUT2D eigenvalue weighted by molar-refractivity contribution is 0.0702. The van der Waals surface area contributed by atoms with Crippen LogP contribution in [0.5, 0.6) is 11.6 Å². The number of nitrogens with one attached hydrogen (secondary N) is 2. The van der Waals surface area contributed by atoms with Crippen LogP contribution in [-0.4, -0.2) is 55.2 Å². The highest BCUT2D eigenvalue weighted by atomic mass is 32.1. The Hall–Kier alpha value is -4.98. The first-order chi connectivity index (χ1) is 18.4. The number of thiophene rings is 1. The van der Waals surface area contributed by atoms with Gasteiger partial charge in [-0.1, -0.05) is 5.16 Å². The van der Waals surface area contributed by atoms with E-state index in [0.29, 0.717) is 28.7 Å². The second kappa shape index (κ2) is 10.2. The number of anilines is 1. The van der Waals surface area contributed by atoms with Crippen LogP contribution < -0.4 is 20.5 Å². The lowest BCUT2D eigenvalue weighted by Crippen LogP contribution is -2.17. The van der Waals surface area contributed by atoms with Crippen LogP contribution in [0.3, 0.4) is 0 Å². The summed E-state index contributed by atoms with van der Waals surface area (Å²) in [5.74, 6) is 0.666. The number of carboxylic acids is 1. The molecule has 0 radical (unpaired) electrons. The average molecular weight is 536 g/mol. The van der Waals surface area contributed by atoms with Crippen molar-refractivity contribution in [3.63, 3.8) is 0 Å². The van der Waals surface area contributed by atoms with E-state index < -0.39 is 17.7 Å². The zero-order valence-electron chi connectivity index (χ0n) is 20.3. The molecule has 5 rings (SSSR count). The Kier molecular flexibility index (Phi) is 6.62. The minimum atomic E-state index is -1.15. The van der Waals surface area contributed by atoms with Gasteiger partial charge in [0, 0.05) is 29.9 Å². The van der Waals surface area contributed by atoms with E-state index in [1.54, 1.807) is 24.6 Å². The molecule has 0 fully saturated rings. The van der Waals surface area contributed by atoms with E-state index in [-0.39, 0.29) is 22.3 Å². The van der Waals surface area contributed by atoms with Gasteiger partial charge in [0.2, 0.25) is 11.7 Å². The second-order valence-electron chi connectivity index (χ2n) is 7.94. The number of nitrogens with zero attached hydrogens (tertiary/aromatic N) is 5. The van der Waals surface area contributed by atoms with Crippen molar-refractivity contribution in [1.82, 2.24) is 29.9 Å². The number of pyridine rings is 1. The molecule has 3 N–H and O–H groups in total. The first-order valence-corrected chi connectivity index (χ1v) is 12.0. The number of hydrogen-bond acceptors (Lipinski definition) is 11. The summed E-state index contributed by atoms with van der Waals surface area (Å²) in [6.07, 6.45) is 1.57. The number of carboxylic acid groups (broad SMARTS) is 1. The molecule has 0 aliphatic heterocycles. The van der Waals surface area contributed by atoms with Gasteiger partial charge < -0.3 is 24.4 Å². The predicted molar refractivity (Wildman–Crippen MR) is 136 cm³/mol. The van der Waals surface area contributed by atoms with Crippen LogP contribution in [-0.2, 0) is 0 Å². The number of carbonyl (C=O) groups is 1. The second-order valence-corrected chi connectivity index (χ2v) is 8.86. The molecule has 0 saturated carbocycles. The van der Waals surface area contributed by atoms with E-state index in [2.05, 4.69) is 30.5 Å². The number of aromatic carboxylic acids is 1. The van der Waals surface area contributed by atoms with Gasteiger partial charge in [-0.3, -0.25) is 4.98 Å². The van der Waals surface area contributed by atoms with E-state index in [1.807, 2.05) is 24.3 Å². The quantitative estimate of drug-likeness (QED) is 0.253. The lowest BCUT2D eigenvalue weighted by atomic mass is 10.1. The first kappa shape index (κ1) is 24.7. The van der Waals surface area contributed by atoms with Gasteiger partial charge in [-0.25, -0.2) is 14.6 Å². The molecule has 4 aromatic heterocycles. The van der Waals surface area contributed by atoms with Crippen molar-refractivity contribution in [2.75, 3.05) is 19.5 Å². The zero-order chi connectivity index (χ0) is 26.8. The van der Waals surface area contributed by atoms with Gasteiger partial charge in [-0.2, -0.15) is 9.67 Å². The third kappa shape index (κ3) is 4.71. The molecule has 0 aliphatic carbocycles. The summed E-state index contributed by atoms with van der Waals surface area (Å²) in [6, 6.07) is 9.81. The maximum absolute atomic E-state index is 12.9. The fourth-order valence-electron chi connectivity index (χ4n) is 3.78. The SMILES string of the molecule is COc1cc(C(Nc2ccc(-c3noc(C)n3)cc2)c2nn(-c3ccsc3C(=O)O)c(=O)[nH]2)cnc1OC. The number of ether oxygens (including phenoxy) is 2. The Morgan fingerprint density at radius 1 is 1.21 bits per heavy atom. The van der Waals surface area contributed by atoms with E-state index >= 15 is 0 Å². The number of aromatic amines is 1. The number of methoxy groups -OCH3 is 2. The highest BCUT2D eigenvalue weighted by Gasteiger charge is 2.24. The zero-order valence-corrected chi connectivity index (χ0v) is 21.1. The molecule has 4 heterocycles. The monoisotopic (exact) mass is 535 g/mol. The Labute approximate surface area is 218 Å². The minimum Gasteiger partial charge on any atom is -0.491 e. The number of H-pyrrole nitrogens is 1. The molecule has 1 atom stereocenters. The Balaban J connectivity index is 1.55. The number of hydrogen-bond donors (Lipinski definition) is 3. The highest BCUT2D eigenvalue weighted by molar-refractivity contribution is 7.12. The molecule has 0 saturated heterocycles. The number of rotatable bonds is 9. The number of aromatic nitrogens is 6. The van der Waals surface area contributed by atoms with Gasteiger partial charge >= 0.3 is 11.7 Å². The van der Waals surface area contributed by atoms with Gasteiger partial charge in [0.05, 0.1) is 19.9 Å². The summed E-state index contributed by atoms with van der Waals surface area (Å²) < 4.78 is 16.7. The molecular formula is C24H21N7O6S. The fraction of sp³-hybridized carbons (Fsp3) is 0.167. The summed E-state index contributed by atoms with van der Waals surface area (Å²) in [5.41, 5.74) is 1.62. The third-order valence-electron chi connectivity index (χ3n) is 5.54. The maximum Gasteiger partial charge on any atom is 0.348 e. The van der Waals surface area contributed by atoms with Gasteiger partial charge in [0.1, 0.15) is 10.9 Å². The molecule has 0 amide bonds. The molecule has 0 bridgehead atoms. The summed E-state index contributed by atoms with van der Waals surface area (Å²) >= 11 is 1.00. The normalized spacial score (nSPS) is 11.8. The van der Waals surface area contributed by atoms with E-state index in [1.165, 1.54) is 20.3 Å². The van der Waals surface area contributed by atoms with Crippen LogP contribution in [0.1, 0.15) is 33.0 Å². The molecule has 194 valence electrons. The Morgan fingerprint density at radius 2 is 2.00 bits per heavy atom. The van der Waals surface area contributed by atoms with Gasteiger partial charge in [-0.15, -0.1) is 16.4 Å². The van der Waals surface area contributed by atoms with E-state index in [4.69, 9.17) is 14.0 Å². The van der Waals surface area contributed by atoms with Crippen molar-refractivity contribution >= 4 is 23.0 Å². The maximum atomic E-state index is 12.9. The molecule has 0 aliphatic rings.